The van der Waals surface area contributed by atoms with Crippen molar-refractivity contribution in [1.82, 2.24) is 25.5 Å². The van der Waals surface area contributed by atoms with E-state index in [0.717, 1.165) is 5.56 Å². The van der Waals surface area contributed by atoms with E-state index in [-0.39, 0.29) is 30.5 Å². The Hall–Kier alpha value is -3.37. The number of hydrogen-bond acceptors (Lipinski definition) is 8. The molecule has 0 aliphatic rings. The smallest absolute Gasteiger partial charge is 0.361 e. The summed E-state index contributed by atoms with van der Waals surface area (Å²) in [5.41, 5.74) is 2.46. The van der Waals surface area contributed by atoms with E-state index in [1.165, 1.54) is 24.5 Å². The molecule has 0 fully saturated rings. The van der Waals surface area contributed by atoms with Crippen LogP contribution in [0.2, 0.25) is 5.02 Å². The lowest BCUT2D eigenvalue weighted by Gasteiger charge is -2.17. The highest BCUT2D eigenvalue weighted by Crippen LogP contribution is 2.46. The van der Waals surface area contributed by atoms with Crippen molar-refractivity contribution in [3.63, 3.8) is 0 Å². The molecule has 0 unspecified atom stereocenters. The van der Waals surface area contributed by atoms with Crippen molar-refractivity contribution in [2.24, 2.45) is 0 Å². The minimum Gasteiger partial charge on any atom is -0.363 e. The molecule has 194 valence electrons. The number of anilines is 1. The number of aromatic amines is 1. The highest BCUT2D eigenvalue weighted by molar-refractivity contribution is 7.62. The lowest BCUT2D eigenvalue weighted by molar-refractivity contribution is 0.0947. The van der Waals surface area contributed by atoms with E-state index in [1.807, 2.05) is 12.1 Å². The van der Waals surface area contributed by atoms with Crippen LogP contribution in [-0.4, -0.2) is 39.3 Å². The van der Waals surface area contributed by atoms with E-state index in [9.17, 15) is 13.8 Å². The van der Waals surface area contributed by atoms with Crippen LogP contribution < -0.4 is 15.9 Å². The zero-order chi connectivity index (χ0) is 26.4. The number of fused-ring (bicyclic) bond motifs is 1. The number of aromatic nitrogens is 4. The molecule has 0 radical (unpaired) electrons. The molecule has 13 heteroatoms. The second kappa shape index (κ2) is 11.8. The van der Waals surface area contributed by atoms with Gasteiger partial charge in [0.05, 0.1) is 23.5 Å². The minimum absolute atomic E-state index is 0.0207. The lowest BCUT2D eigenvalue weighted by Crippen LogP contribution is -2.24. The maximum atomic E-state index is 13.4. The second-order valence-electron chi connectivity index (χ2n) is 7.80. The molecule has 4 aromatic rings. The second-order valence-corrected chi connectivity index (χ2v) is 10.2. The predicted molar refractivity (Wildman–Crippen MR) is 139 cm³/mol. The van der Waals surface area contributed by atoms with Gasteiger partial charge in [0.2, 0.25) is 0 Å². The fourth-order valence-electron chi connectivity index (χ4n) is 3.56. The molecule has 4 rings (SSSR count). The number of benzene rings is 2. The van der Waals surface area contributed by atoms with Gasteiger partial charge in [0, 0.05) is 13.1 Å². The molecule has 2 aromatic carbocycles. The van der Waals surface area contributed by atoms with Crippen LogP contribution in [0.5, 0.6) is 0 Å². The number of H-pyrrole nitrogens is 1. The molecule has 0 atom stereocenters. The van der Waals surface area contributed by atoms with E-state index in [2.05, 4.69) is 30.8 Å². The Labute approximate surface area is 217 Å². The first-order valence-electron chi connectivity index (χ1n) is 11.5. The molecule has 0 spiro atoms. The maximum absolute atomic E-state index is 13.4. The molecule has 0 bridgehead atoms. The van der Waals surface area contributed by atoms with Gasteiger partial charge in [0.15, 0.2) is 11.5 Å². The third-order valence-electron chi connectivity index (χ3n) is 5.31. The van der Waals surface area contributed by atoms with Gasteiger partial charge in [0.25, 0.3) is 5.91 Å². The van der Waals surface area contributed by atoms with Gasteiger partial charge in [-0.3, -0.25) is 14.5 Å². The SMILES string of the molecule is CCOP(=O)(OCC)c1ccc(CNc2n[nH]c3c(C(=O)NCc4ccc(F)c(Cl)c4)ncnc23)cc1. The zero-order valence-electron chi connectivity index (χ0n) is 20.1. The Morgan fingerprint density at radius 3 is 2.43 bits per heavy atom. The molecule has 0 aliphatic carbocycles. The molecule has 2 aromatic heterocycles. The maximum Gasteiger partial charge on any atom is 0.361 e. The number of carbonyl (C=O) groups is 1. The summed E-state index contributed by atoms with van der Waals surface area (Å²) < 4.78 is 37.0. The highest BCUT2D eigenvalue weighted by atomic mass is 35.5. The summed E-state index contributed by atoms with van der Waals surface area (Å²) in [6, 6.07) is 11.3. The number of halogens is 2. The molecule has 37 heavy (non-hydrogen) atoms. The summed E-state index contributed by atoms with van der Waals surface area (Å²) >= 11 is 5.80. The first-order valence-corrected chi connectivity index (χ1v) is 13.4. The van der Waals surface area contributed by atoms with Crippen LogP contribution >= 0.6 is 19.2 Å². The summed E-state index contributed by atoms with van der Waals surface area (Å²) in [6.45, 7) is 4.60. The van der Waals surface area contributed by atoms with Gasteiger partial charge in [-0.25, -0.2) is 14.4 Å². The molecule has 0 aliphatic heterocycles. The number of rotatable bonds is 11. The summed E-state index contributed by atoms with van der Waals surface area (Å²) in [5.74, 6) is -0.541. The van der Waals surface area contributed by atoms with Crippen LogP contribution in [0.4, 0.5) is 10.2 Å². The Morgan fingerprint density at radius 1 is 1.05 bits per heavy atom. The number of nitrogens with zero attached hydrogens (tertiary/aromatic N) is 3. The molecule has 0 saturated heterocycles. The Morgan fingerprint density at radius 2 is 1.76 bits per heavy atom. The average Bonchev–Trinajstić information content (AvgIpc) is 3.32. The number of nitrogens with one attached hydrogen (secondary N) is 3. The van der Waals surface area contributed by atoms with E-state index in [1.54, 1.807) is 26.0 Å². The summed E-state index contributed by atoms with van der Waals surface area (Å²) in [7, 11) is -3.35. The molecule has 2 heterocycles. The van der Waals surface area contributed by atoms with Crippen molar-refractivity contribution in [2.45, 2.75) is 26.9 Å². The first-order chi connectivity index (χ1) is 17.8. The Kier molecular flexibility index (Phi) is 8.50. The van der Waals surface area contributed by atoms with Crippen molar-refractivity contribution < 1.29 is 22.8 Å². The zero-order valence-corrected chi connectivity index (χ0v) is 21.8. The van der Waals surface area contributed by atoms with Gasteiger partial charge in [-0.05, 0) is 49.2 Å². The van der Waals surface area contributed by atoms with Crippen LogP contribution in [0, 0.1) is 5.82 Å². The number of hydrogen-bond donors (Lipinski definition) is 3. The number of amides is 1. The number of carbonyl (C=O) groups excluding carboxylic acids is 1. The summed E-state index contributed by atoms with van der Waals surface area (Å²) in [6.07, 6.45) is 1.28. The van der Waals surface area contributed by atoms with Gasteiger partial charge >= 0.3 is 7.60 Å². The largest absolute Gasteiger partial charge is 0.363 e. The quantitative estimate of drug-likeness (QED) is 0.233. The van der Waals surface area contributed by atoms with Crippen LogP contribution in [0.1, 0.15) is 35.5 Å². The van der Waals surface area contributed by atoms with Gasteiger partial charge in [-0.15, -0.1) is 0 Å². The monoisotopic (exact) mass is 546 g/mol. The van der Waals surface area contributed by atoms with Gasteiger partial charge < -0.3 is 19.7 Å². The average molecular weight is 547 g/mol. The van der Waals surface area contributed by atoms with E-state index in [0.29, 0.717) is 34.3 Å². The predicted octanol–water partition coefficient (Wildman–Crippen LogP) is 4.58. The molecule has 0 saturated carbocycles. The summed E-state index contributed by atoms with van der Waals surface area (Å²) in [5, 5.41) is 13.4. The van der Waals surface area contributed by atoms with Gasteiger partial charge in [0.1, 0.15) is 23.2 Å². The topological polar surface area (TPSA) is 131 Å². The van der Waals surface area contributed by atoms with E-state index in [4.69, 9.17) is 20.6 Å². The Bertz CT molecular complexity index is 1440. The summed E-state index contributed by atoms with van der Waals surface area (Å²) in [4.78, 5) is 21.1. The minimum atomic E-state index is -3.35. The normalized spacial score (nSPS) is 11.6. The Balaban J connectivity index is 1.44. The van der Waals surface area contributed by atoms with Crippen LogP contribution in [0.3, 0.4) is 0 Å². The van der Waals surface area contributed by atoms with E-state index < -0.39 is 19.3 Å². The van der Waals surface area contributed by atoms with Crippen LogP contribution in [0.25, 0.3) is 11.0 Å². The van der Waals surface area contributed by atoms with Crippen molar-refractivity contribution in [3.8, 4) is 0 Å². The highest BCUT2D eigenvalue weighted by Gasteiger charge is 2.26. The van der Waals surface area contributed by atoms with Gasteiger partial charge in [-0.2, -0.15) is 5.10 Å². The molecular formula is C24H25ClFN6O4P. The van der Waals surface area contributed by atoms with Crippen molar-refractivity contribution in [2.75, 3.05) is 18.5 Å². The fourth-order valence-corrected chi connectivity index (χ4v) is 5.33. The van der Waals surface area contributed by atoms with Crippen LogP contribution in [0.15, 0.2) is 48.8 Å². The molecule has 10 nitrogen and oxygen atoms in total. The standard InChI is InChI=1S/C24H25ClFN6O4P/c1-3-35-37(34,36-4-2)17-8-5-15(6-9-17)12-27-23-21-20(31-32-23)22(30-14-29-21)24(33)28-13-16-7-10-19(26)18(25)11-16/h5-11,14H,3-4,12-13H2,1-2H3,(H,28,33)(H2,27,31,32). The van der Waals surface area contributed by atoms with Crippen molar-refractivity contribution >= 4 is 47.3 Å². The van der Waals surface area contributed by atoms with Crippen molar-refractivity contribution in [3.05, 3.63) is 76.5 Å². The van der Waals surface area contributed by atoms with Crippen LogP contribution in [-0.2, 0) is 26.7 Å². The fraction of sp³-hybridized carbons (Fsp3) is 0.250. The third-order valence-corrected chi connectivity index (χ3v) is 7.73. The molecule has 3 N–H and O–H groups in total. The lowest BCUT2D eigenvalue weighted by atomic mass is 10.2. The van der Waals surface area contributed by atoms with Gasteiger partial charge in [-0.1, -0.05) is 29.8 Å². The molecular weight excluding hydrogens is 522 g/mol. The third kappa shape index (κ3) is 6.14. The van der Waals surface area contributed by atoms with Crippen molar-refractivity contribution in [1.29, 1.82) is 0 Å². The molecule has 1 amide bonds. The first kappa shape index (κ1) is 26.7. The van der Waals surface area contributed by atoms with E-state index >= 15 is 0 Å².